The lowest BCUT2D eigenvalue weighted by atomic mass is 10.3. The van der Waals surface area contributed by atoms with Crippen LogP contribution in [-0.4, -0.2) is 10.2 Å². The summed E-state index contributed by atoms with van der Waals surface area (Å²) in [7, 11) is 0. The summed E-state index contributed by atoms with van der Waals surface area (Å²) < 4.78 is 0. The van der Waals surface area contributed by atoms with Gasteiger partial charge in [-0.15, -0.1) is 0 Å². The van der Waals surface area contributed by atoms with Crippen LogP contribution in [0.2, 0.25) is 0 Å². The fraction of sp³-hybridized carbons (Fsp3) is 0.714. The van der Waals surface area contributed by atoms with E-state index in [0.29, 0.717) is 0 Å². The zero-order chi connectivity index (χ0) is 13.8. The highest BCUT2D eigenvalue weighted by molar-refractivity contribution is 4.79. The van der Waals surface area contributed by atoms with Crippen molar-refractivity contribution in [3.8, 4) is 0 Å². The van der Waals surface area contributed by atoms with Gasteiger partial charge >= 0.3 is 0 Å². The first-order chi connectivity index (χ1) is 7.73. The highest BCUT2D eigenvalue weighted by atomic mass is 15.1. The number of hydrogen-bond donors (Lipinski definition) is 0. The van der Waals surface area contributed by atoms with E-state index in [0.717, 1.165) is 5.92 Å². The van der Waals surface area contributed by atoms with Crippen molar-refractivity contribution in [2.24, 2.45) is 5.92 Å². The molecule has 0 N–H and O–H groups in total. The van der Waals surface area contributed by atoms with Gasteiger partial charge in [-0.1, -0.05) is 62.3 Å². The Morgan fingerprint density at radius 1 is 0.625 bits per heavy atom. The van der Waals surface area contributed by atoms with Crippen LogP contribution >= 0.6 is 0 Å². The molecule has 0 saturated heterocycles. The average molecular weight is 228 g/mol. The Morgan fingerprint density at radius 3 is 0.875 bits per heavy atom. The van der Waals surface area contributed by atoms with Crippen LogP contribution in [0.4, 0.5) is 0 Å². The molecule has 0 saturated carbocycles. The molecule has 0 bridgehead atoms. The Bertz CT molecular complexity index is 109. The summed E-state index contributed by atoms with van der Waals surface area (Å²) in [5, 5.41) is 7.07. The van der Waals surface area contributed by atoms with Gasteiger partial charge in [0.05, 0.1) is 0 Å². The second kappa shape index (κ2) is 36.9. The van der Waals surface area contributed by atoms with Crippen LogP contribution in [-0.2, 0) is 0 Å². The predicted molar refractivity (Wildman–Crippen MR) is 76.6 cm³/mol. The van der Waals surface area contributed by atoms with E-state index < -0.39 is 0 Å². The van der Waals surface area contributed by atoms with E-state index in [2.05, 4.69) is 31.0 Å². The Kier molecular flexibility index (Phi) is 56.2. The molecule has 98 valence electrons. The van der Waals surface area contributed by atoms with E-state index >= 15 is 0 Å². The molecule has 0 aromatic carbocycles. The molecule has 0 spiro atoms. The minimum atomic E-state index is 0.833. The second-order valence-electron chi connectivity index (χ2n) is 2.65. The third-order valence-corrected chi connectivity index (χ3v) is 0.483. The molecule has 16 heavy (non-hydrogen) atoms. The molecule has 2 heteroatoms. The predicted octanol–water partition coefficient (Wildman–Crippen LogP) is 5.22. The lowest BCUT2D eigenvalue weighted by Crippen LogP contribution is -1.69. The Morgan fingerprint density at radius 2 is 0.812 bits per heavy atom. The van der Waals surface area contributed by atoms with Crippen LogP contribution in [0.3, 0.4) is 0 Å². The SMILES string of the molecule is CC.CC.CC.CC(C)C.c1ccnnc1. The molecular formula is C14H32N2. The van der Waals surface area contributed by atoms with Gasteiger partial charge in [-0.05, 0) is 18.1 Å². The van der Waals surface area contributed by atoms with Gasteiger partial charge in [0.2, 0.25) is 0 Å². The highest BCUT2D eigenvalue weighted by Gasteiger charge is 1.68. The standard InChI is InChI=1S/C4H4N2.C4H10.3C2H6/c1-2-4-6-5-3-1;1-4(2)3;3*1-2/h1-4H;4H,1-3H3;3*1-2H3. The van der Waals surface area contributed by atoms with Gasteiger partial charge in [0.1, 0.15) is 0 Å². The lowest BCUT2D eigenvalue weighted by molar-refractivity contribution is 0.737. The van der Waals surface area contributed by atoms with E-state index in [1.54, 1.807) is 12.4 Å². The second-order valence-corrected chi connectivity index (χ2v) is 2.65. The third-order valence-electron chi connectivity index (χ3n) is 0.483. The van der Waals surface area contributed by atoms with Crippen molar-refractivity contribution in [1.82, 2.24) is 10.2 Å². The van der Waals surface area contributed by atoms with Crippen molar-refractivity contribution in [3.05, 3.63) is 24.5 Å². The maximum Gasteiger partial charge on any atom is 0.0496 e. The summed E-state index contributed by atoms with van der Waals surface area (Å²) in [6.07, 6.45) is 3.28. The smallest absolute Gasteiger partial charge is 0.0496 e. The molecule has 0 aliphatic carbocycles. The molecule has 1 aromatic heterocycles. The van der Waals surface area contributed by atoms with Gasteiger partial charge in [-0.3, -0.25) is 0 Å². The molecule has 1 rings (SSSR count). The molecular weight excluding hydrogens is 196 g/mol. The fourth-order valence-electron chi connectivity index (χ4n) is 0.253. The normalized spacial score (nSPS) is 6.38. The number of rotatable bonds is 0. The maximum absolute atomic E-state index is 3.53. The van der Waals surface area contributed by atoms with Crippen molar-refractivity contribution >= 4 is 0 Å². The lowest BCUT2D eigenvalue weighted by Gasteiger charge is -1.79. The average Bonchev–Trinajstić information content (AvgIpc) is 2.38. The minimum Gasteiger partial charge on any atom is -0.159 e. The van der Waals surface area contributed by atoms with Gasteiger partial charge in [0.25, 0.3) is 0 Å². The summed E-state index contributed by atoms with van der Waals surface area (Å²) in [5.41, 5.74) is 0. The fourth-order valence-corrected chi connectivity index (χ4v) is 0.253. The van der Waals surface area contributed by atoms with Crippen LogP contribution in [0.25, 0.3) is 0 Å². The van der Waals surface area contributed by atoms with Crippen LogP contribution in [0, 0.1) is 5.92 Å². The van der Waals surface area contributed by atoms with Crippen LogP contribution in [0.5, 0.6) is 0 Å². The van der Waals surface area contributed by atoms with Gasteiger partial charge in [0, 0.05) is 12.4 Å². The first-order valence-corrected chi connectivity index (χ1v) is 6.45. The van der Waals surface area contributed by atoms with Gasteiger partial charge < -0.3 is 0 Å². The number of nitrogens with zero attached hydrogens (tertiary/aromatic N) is 2. The van der Waals surface area contributed by atoms with E-state index in [1.165, 1.54) is 0 Å². The molecule has 0 radical (unpaired) electrons. The molecule has 1 aromatic rings. The quantitative estimate of drug-likeness (QED) is 0.608. The van der Waals surface area contributed by atoms with Gasteiger partial charge in [0.15, 0.2) is 0 Å². The van der Waals surface area contributed by atoms with Crippen molar-refractivity contribution in [3.63, 3.8) is 0 Å². The van der Waals surface area contributed by atoms with Crippen LogP contribution in [0.1, 0.15) is 62.3 Å². The molecule has 0 fully saturated rings. The summed E-state index contributed by atoms with van der Waals surface area (Å²) in [5.74, 6) is 0.833. The van der Waals surface area contributed by atoms with Gasteiger partial charge in [-0.2, -0.15) is 10.2 Å². The van der Waals surface area contributed by atoms with Crippen molar-refractivity contribution in [2.45, 2.75) is 62.3 Å². The number of hydrogen-bond acceptors (Lipinski definition) is 2. The highest BCUT2D eigenvalue weighted by Crippen LogP contribution is 1.81. The van der Waals surface area contributed by atoms with E-state index in [9.17, 15) is 0 Å². The summed E-state index contributed by atoms with van der Waals surface area (Å²) in [4.78, 5) is 0. The minimum absolute atomic E-state index is 0.833. The topological polar surface area (TPSA) is 25.8 Å². The van der Waals surface area contributed by atoms with Crippen molar-refractivity contribution in [2.75, 3.05) is 0 Å². The Labute approximate surface area is 104 Å². The van der Waals surface area contributed by atoms with E-state index in [-0.39, 0.29) is 0 Å². The molecule has 0 atom stereocenters. The van der Waals surface area contributed by atoms with Crippen molar-refractivity contribution < 1.29 is 0 Å². The first-order valence-electron chi connectivity index (χ1n) is 6.45. The first kappa shape index (κ1) is 24.4. The molecule has 0 amide bonds. The van der Waals surface area contributed by atoms with Crippen LogP contribution in [0.15, 0.2) is 24.5 Å². The Balaban J connectivity index is -0.0000000639. The van der Waals surface area contributed by atoms with Gasteiger partial charge in [-0.25, -0.2) is 0 Å². The maximum atomic E-state index is 3.53. The molecule has 1 heterocycles. The Hall–Kier alpha value is -0.920. The molecule has 0 aliphatic rings. The molecule has 0 aliphatic heterocycles. The summed E-state index contributed by atoms with van der Waals surface area (Å²) in [6.45, 7) is 18.5. The zero-order valence-corrected chi connectivity index (χ0v) is 12.8. The molecule has 0 unspecified atom stereocenters. The van der Waals surface area contributed by atoms with Crippen LogP contribution < -0.4 is 0 Å². The monoisotopic (exact) mass is 228 g/mol. The molecule has 2 nitrogen and oxygen atoms in total. The summed E-state index contributed by atoms with van der Waals surface area (Å²) in [6, 6.07) is 3.65. The third kappa shape index (κ3) is 74.0. The van der Waals surface area contributed by atoms with E-state index in [4.69, 9.17) is 0 Å². The number of aromatic nitrogens is 2. The van der Waals surface area contributed by atoms with Crippen molar-refractivity contribution in [1.29, 1.82) is 0 Å². The van der Waals surface area contributed by atoms with E-state index in [1.807, 2.05) is 53.7 Å². The summed E-state index contributed by atoms with van der Waals surface area (Å²) >= 11 is 0. The largest absolute Gasteiger partial charge is 0.159 e. The zero-order valence-electron chi connectivity index (χ0n) is 12.8.